The first-order valence-electron chi connectivity index (χ1n) is 7.47. The smallest absolute Gasteiger partial charge is 0.127 e. The molecule has 0 aliphatic rings. The first kappa shape index (κ1) is 14.4. The molecule has 0 atom stereocenters. The third-order valence-electron chi connectivity index (χ3n) is 3.40. The largest absolute Gasteiger partial charge is 0.457 e. The van der Waals surface area contributed by atoms with Crippen LogP contribution in [-0.4, -0.2) is 0 Å². The van der Waals surface area contributed by atoms with E-state index in [0.29, 0.717) is 0 Å². The normalized spacial score (nSPS) is 10.4. The molecule has 0 bridgehead atoms. The van der Waals surface area contributed by atoms with Crippen LogP contribution in [0.15, 0.2) is 84.9 Å². The van der Waals surface area contributed by atoms with Gasteiger partial charge in [-0.05, 0) is 35.4 Å². The van der Waals surface area contributed by atoms with E-state index >= 15 is 0 Å². The summed E-state index contributed by atoms with van der Waals surface area (Å²) in [6.45, 7) is 1.73. The van der Waals surface area contributed by atoms with E-state index in [1.165, 1.54) is 11.1 Å². The fourth-order valence-electron chi connectivity index (χ4n) is 2.25. The number of hydrogen-bond acceptors (Lipinski definition) is 2. The third kappa shape index (κ3) is 4.21. The minimum atomic E-state index is 0.848. The average Bonchev–Trinajstić information content (AvgIpc) is 2.58. The predicted octanol–water partition coefficient (Wildman–Crippen LogP) is 4.77. The number of rotatable bonds is 6. The molecule has 0 aliphatic carbocycles. The van der Waals surface area contributed by atoms with Gasteiger partial charge in [0.25, 0.3) is 0 Å². The number of para-hydroxylation sites is 1. The molecule has 110 valence electrons. The summed E-state index contributed by atoms with van der Waals surface area (Å²) in [7, 11) is 0. The van der Waals surface area contributed by atoms with Crippen LogP contribution in [0.4, 0.5) is 0 Å². The van der Waals surface area contributed by atoms with Gasteiger partial charge < -0.3 is 10.1 Å². The minimum Gasteiger partial charge on any atom is -0.457 e. The molecule has 2 nitrogen and oxygen atoms in total. The van der Waals surface area contributed by atoms with E-state index in [1.54, 1.807) is 0 Å². The van der Waals surface area contributed by atoms with E-state index in [4.69, 9.17) is 4.74 Å². The second-order valence-electron chi connectivity index (χ2n) is 5.15. The summed E-state index contributed by atoms with van der Waals surface area (Å²) >= 11 is 0. The number of nitrogens with one attached hydrogen (secondary N) is 1. The average molecular weight is 289 g/mol. The zero-order chi connectivity index (χ0) is 15.0. The minimum absolute atomic E-state index is 0.848. The van der Waals surface area contributed by atoms with Gasteiger partial charge in [0.15, 0.2) is 0 Å². The van der Waals surface area contributed by atoms with Gasteiger partial charge in [-0.25, -0.2) is 0 Å². The molecule has 0 fully saturated rings. The van der Waals surface area contributed by atoms with Gasteiger partial charge in [-0.15, -0.1) is 0 Å². The van der Waals surface area contributed by atoms with Crippen LogP contribution in [0.3, 0.4) is 0 Å². The van der Waals surface area contributed by atoms with Crippen molar-refractivity contribution in [2.75, 3.05) is 0 Å². The molecule has 0 amide bonds. The van der Waals surface area contributed by atoms with Crippen molar-refractivity contribution in [2.24, 2.45) is 0 Å². The zero-order valence-corrected chi connectivity index (χ0v) is 12.4. The molecule has 0 saturated carbocycles. The van der Waals surface area contributed by atoms with Gasteiger partial charge >= 0.3 is 0 Å². The number of ether oxygens (including phenoxy) is 1. The van der Waals surface area contributed by atoms with E-state index in [1.807, 2.05) is 48.5 Å². The second kappa shape index (κ2) is 7.43. The maximum absolute atomic E-state index is 5.79. The van der Waals surface area contributed by atoms with Gasteiger partial charge in [-0.3, -0.25) is 0 Å². The van der Waals surface area contributed by atoms with Crippen molar-refractivity contribution in [3.05, 3.63) is 96.1 Å². The highest BCUT2D eigenvalue weighted by molar-refractivity contribution is 5.32. The molecule has 3 aromatic rings. The molecule has 0 spiro atoms. The molecule has 0 heterocycles. The highest BCUT2D eigenvalue weighted by atomic mass is 16.5. The van der Waals surface area contributed by atoms with Crippen molar-refractivity contribution in [3.8, 4) is 11.5 Å². The standard InChI is InChI=1S/C20H19NO/c1-3-7-17(8-4-1)15-21-16-18-11-13-20(14-12-18)22-19-9-5-2-6-10-19/h1-14,21H,15-16H2. The summed E-state index contributed by atoms with van der Waals surface area (Å²) < 4.78 is 5.79. The lowest BCUT2D eigenvalue weighted by atomic mass is 10.2. The quantitative estimate of drug-likeness (QED) is 0.706. The second-order valence-corrected chi connectivity index (χ2v) is 5.15. The molecular weight excluding hydrogens is 270 g/mol. The van der Waals surface area contributed by atoms with Crippen molar-refractivity contribution in [2.45, 2.75) is 13.1 Å². The summed E-state index contributed by atoms with van der Waals surface area (Å²) in [4.78, 5) is 0. The van der Waals surface area contributed by atoms with Crippen molar-refractivity contribution in [1.29, 1.82) is 0 Å². The SMILES string of the molecule is c1ccc(CNCc2ccc(Oc3ccccc3)cc2)cc1. The van der Waals surface area contributed by atoms with Crippen LogP contribution in [0.25, 0.3) is 0 Å². The van der Waals surface area contributed by atoms with Crippen LogP contribution in [0.5, 0.6) is 11.5 Å². The fraction of sp³-hybridized carbons (Fsp3) is 0.100. The van der Waals surface area contributed by atoms with Gasteiger partial charge in [0.1, 0.15) is 11.5 Å². The Labute approximate surface area is 131 Å². The Bertz CT molecular complexity index is 678. The van der Waals surface area contributed by atoms with Crippen LogP contribution >= 0.6 is 0 Å². The Kier molecular flexibility index (Phi) is 4.85. The lowest BCUT2D eigenvalue weighted by Gasteiger charge is -2.08. The molecule has 0 aliphatic heterocycles. The molecule has 22 heavy (non-hydrogen) atoms. The summed E-state index contributed by atoms with van der Waals surface area (Å²) in [5.74, 6) is 1.72. The van der Waals surface area contributed by atoms with Crippen LogP contribution in [0.2, 0.25) is 0 Å². The Hall–Kier alpha value is -2.58. The molecule has 0 unspecified atom stereocenters. The summed E-state index contributed by atoms with van der Waals surface area (Å²) in [5.41, 5.74) is 2.54. The van der Waals surface area contributed by atoms with E-state index in [9.17, 15) is 0 Å². The van der Waals surface area contributed by atoms with Crippen LogP contribution in [0.1, 0.15) is 11.1 Å². The molecule has 3 rings (SSSR count). The first-order valence-corrected chi connectivity index (χ1v) is 7.47. The van der Waals surface area contributed by atoms with E-state index in [2.05, 4.69) is 41.7 Å². The maximum atomic E-state index is 5.79. The molecular formula is C20H19NO. The third-order valence-corrected chi connectivity index (χ3v) is 3.40. The molecule has 0 saturated heterocycles. The van der Waals surface area contributed by atoms with Gasteiger partial charge in [-0.2, -0.15) is 0 Å². The van der Waals surface area contributed by atoms with E-state index in [0.717, 1.165) is 24.6 Å². The lowest BCUT2D eigenvalue weighted by Crippen LogP contribution is -2.12. The summed E-state index contributed by atoms with van der Waals surface area (Å²) in [5, 5.41) is 3.45. The lowest BCUT2D eigenvalue weighted by molar-refractivity contribution is 0.482. The Morgan fingerprint density at radius 1 is 0.545 bits per heavy atom. The van der Waals surface area contributed by atoms with Crippen LogP contribution in [0, 0.1) is 0 Å². The van der Waals surface area contributed by atoms with Crippen molar-refractivity contribution in [1.82, 2.24) is 5.32 Å². The van der Waals surface area contributed by atoms with Crippen LogP contribution in [-0.2, 0) is 13.1 Å². The zero-order valence-electron chi connectivity index (χ0n) is 12.4. The Morgan fingerprint density at radius 3 is 1.68 bits per heavy atom. The van der Waals surface area contributed by atoms with E-state index < -0.39 is 0 Å². The molecule has 3 aromatic carbocycles. The van der Waals surface area contributed by atoms with Gasteiger partial charge in [0.2, 0.25) is 0 Å². The number of benzene rings is 3. The Balaban J connectivity index is 1.51. The molecule has 2 heteroatoms. The van der Waals surface area contributed by atoms with Crippen molar-refractivity contribution < 1.29 is 4.74 Å². The summed E-state index contributed by atoms with van der Waals surface area (Å²) in [6.07, 6.45) is 0. The maximum Gasteiger partial charge on any atom is 0.127 e. The highest BCUT2D eigenvalue weighted by Gasteiger charge is 1.98. The Morgan fingerprint density at radius 2 is 1.05 bits per heavy atom. The molecule has 0 aromatic heterocycles. The van der Waals surface area contributed by atoms with Crippen molar-refractivity contribution in [3.63, 3.8) is 0 Å². The van der Waals surface area contributed by atoms with Crippen LogP contribution < -0.4 is 10.1 Å². The topological polar surface area (TPSA) is 21.3 Å². The van der Waals surface area contributed by atoms with Gasteiger partial charge in [-0.1, -0.05) is 60.7 Å². The van der Waals surface area contributed by atoms with Gasteiger partial charge in [0, 0.05) is 13.1 Å². The predicted molar refractivity (Wildman–Crippen MR) is 89.9 cm³/mol. The highest BCUT2D eigenvalue weighted by Crippen LogP contribution is 2.21. The fourth-order valence-corrected chi connectivity index (χ4v) is 2.25. The molecule has 0 radical (unpaired) electrons. The first-order chi connectivity index (χ1) is 10.9. The number of hydrogen-bond donors (Lipinski definition) is 1. The molecule has 1 N–H and O–H groups in total. The van der Waals surface area contributed by atoms with Gasteiger partial charge in [0.05, 0.1) is 0 Å². The van der Waals surface area contributed by atoms with E-state index in [-0.39, 0.29) is 0 Å². The van der Waals surface area contributed by atoms with Crippen molar-refractivity contribution >= 4 is 0 Å². The summed E-state index contributed by atoms with van der Waals surface area (Å²) in [6, 6.07) is 28.4. The monoisotopic (exact) mass is 289 g/mol.